The molecule has 128 valence electrons. The number of hydrogen-bond donors (Lipinski definition) is 2. The molecule has 0 unspecified atom stereocenters. The molecule has 0 radical (unpaired) electrons. The molecule has 0 bridgehead atoms. The van der Waals surface area contributed by atoms with Gasteiger partial charge in [0.25, 0.3) is 5.91 Å². The molecule has 0 aromatic heterocycles. The topological polar surface area (TPSA) is 84.5 Å². The normalized spacial score (nSPS) is 11.1. The molecule has 2 rings (SSSR count). The highest BCUT2D eigenvalue weighted by molar-refractivity contribution is 9.10. The first kappa shape index (κ1) is 18.4. The van der Waals surface area contributed by atoms with Crippen LogP contribution >= 0.6 is 15.9 Å². The second kappa shape index (κ2) is 8.27. The lowest BCUT2D eigenvalue weighted by Gasteiger charge is -2.09. The van der Waals surface area contributed by atoms with Crippen LogP contribution in [0.4, 0.5) is 0 Å². The van der Waals surface area contributed by atoms with Gasteiger partial charge in [0.05, 0.1) is 17.6 Å². The molecule has 0 atom stereocenters. The van der Waals surface area contributed by atoms with Crippen LogP contribution in [0, 0.1) is 0 Å². The first-order chi connectivity index (χ1) is 11.4. The third-order valence-corrected chi connectivity index (χ3v) is 5.36. The number of hydrogen-bond acceptors (Lipinski definition) is 4. The van der Waals surface area contributed by atoms with E-state index in [9.17, 15) is 13.2 Å². The van der Waals surface area contributed by atoms with E-state index in [0.717, 1.165) is 0 Å². The number of nitrogens with one attached hydrogen (secondary N) is 2. The van der Waals surface area contributed by atoms with E-state index in [1.165, 1.54) is 19.2 Å². The number of carbonyl (C=O) groups excluding carboxylic acids is 1. The van der Waals surface area contributed by atoms with Crippen molar-refractivity contribution in [3.8, 4) is 5.75 Å². The van der Waals surface area contributed by atoms with E-state index in [1.807, 2.05) is 6.07 Å². The molecule has 0 aliphatic carbocycles. The zero-order valence-corrected chi connectivity index (χ0v) is 15.4. The summed E-state index contributed by atoms with van der Waals surface area (Å²) in [5.41, 5.74) is 0.496. The van der Waals surface area contributed by atoms with Gasteiger partial charge in [0.15, 0.2) is 0 Å². The van der Waals surface area contributed by atoms with Crippen molar-refractivity contribution < 1.29 is 17.9 Å². The monoisotopic (exact) mass is 412 g/mol. The maximum atomic E-state index is 12.1. The molecule has 0 spiro atoms. The minimum Gasteiger partial charge on any atom is -0.497 e. The first-order valence-corrected chi connectivity index (χ1v) is 9.38. The number of benzene rings is 2. The largest absolute Gasteiger partial charge is 0.497 e. The van der Waals surface area contributed by atoms with Crippen molar-refractivity contribution in [1.82, 2.24) is 10.0 Å². The summed E-state index contributed by atoms with van der Waals surface area (Å²) >= 11 is 3.30. The molecule has 8 heteroatoms. The minimum absolute atomic E-state index is 0.0879. The second-order valence-corrected chi connectivity index (χ2v) is 7.43. The lowest BCUT2D eigenvalue weighted by atomic mass is 10.2. The van der Waals surface area contributed by atoms with Crippen molar-refractivity contribution in [2.24, 2.45) is 0 Å². The van der Waals surface area contributed by atoms with Crippen LogP contribution in [0.3, 0.4) is 0 Å². The fourth-order valence-electron chi connectivity index (χ4n) is 1.94. The maximum absolute atomic E-state index is 12.1. The van der Waals surface area contributed by atoms with Crippen LogP contribution in [0.5, 0.6) is 5.75 Å². The van der Waals surface area contributed by atoms with E-state index < -0.39 is 10.0 Å². The lowest BCUT2D eigenvalue weighted by Crippen LogP contribution is -2.34. The fourth-order valence-corrected chi connectivity index (χ4v) is 3.44. The highest BCUT2D eigenvalue weighted by Crippen LogP contribution is 2.16. The van der Waals surface area contributed by atoms with Gasteiger partial charge in [-0.1, -0.05) is 12.1 Å². The molecule has 0 aliphatic heterocycles. The fraction of sp³-hybridized carbons (Fsp3) is 0.188. The van der Waals surface area contributed by atoms with Gasteiger partial charge >= 0.3 is 0 Å². The van der Waals surface area contributed by atoms with Gasteiger partial charge in [-0.25, -0.2) is 13.1 Å². The Morgan fingerprint density at radius 2 is 1.75 bits per heavy atom. The van der Waals surface area contributed by atoms with E-state index in [-0.39, 0.29) is 23.9 Å². The van der Waals surface area contributed by atoms with E-state index in [4.69, 9.17) is 4.74 Å². The Balaban J connectivity index is 1.87. The quantitative estimate of drug-likeness (QED) is 0.682. The molecule has 24 heavy (non-hydrogen) atoms. The van der Waals surface area contributed by atoms with Crippen molar-refractivity contribution in [2.75, 3.05) is 20.2 Å². The van der Waals surface area contributed by atoms with Crippen molar-refractivity contribution in [3.05, 3.63) is 58.6 Å². The number of ether oxygens (including phenoxy) is 1. The molecule has 2 aromatic rings. The number of methoxy groups -OCH3 is 1. The molecule has 2 N–H and O–H groups in total. The third-order valence-electron chi connectivity index (χ3n) is 3.19. The van der Waals surface area contributed by atoms with E-state index in [0.29, 0.717) is 15.8 Å². The second-order valence-electron chi connectivity index (χ2n) is 4.81. The van der Waals surface area contributed by atoms with Gasteiger partial charge in [0.2, 0.25) is 10.0 Å². The SMILES string of the molecule is COc1ccc(S(=O)(=O)NCCNC(=O)c2ccccc2Br)cc1. The molecule has 1 amide bonds. The Morgan fingerprint density at radius 3 is 2.38 bits per heavy atom. The molecule has 2 aromatic carbocycles. The lowest BCUT2D eigenvalue weighted by molar-refractivity contribution is 0.0953. The molecule has 0 saturated heterocycles. The highest BCUT2D eigenvalue weighted by Gasteiger charge is 2.14. The summed E-state index contributed by atoms with van der Waals surface area (Å²) in [7, 11) is -2.11. The van der Waals surface area contributed by atoms with Crippen LogP contribution in [0.2, 0.25) is 0 Å². The highest BCUT2D eigenvalue weighted by atomic mass is 79.9. The summed E-state index contributed by atoms with van der Waals surface area (Å²) in [6, 6.07) is 13.1. The van der Waals surface area contributed by atoms with Crippen molar-refractivity contribution in [2.45, 2.75) is 4.90 Å². The number of sulfonamides is 1. The van der Waals surface area contributed by atoms with Gasteiger partial charge in [-0.2, -0.15) is 0 Å². The standard InChI is InChI=1S/C16H17BrN2O4S/c1-23-12-6-8-13(9-7-12)24(21,22)19-11-10-18-16(20)14-4-2-3-5-15(14)17/h2-9,19H,10-11H2,1H3,(H,18,20). The van der Waals surface area contributed by atoms with E-state index in [1.54, 1.807) is 30.3 Å². The van der Waals surface area contributed by atoms with E-state index >= 15 is 0 Å². The summed E-state index contributed by atoms with van der Waals surface area (Å²) in [6.45, 7) is 0.264. The summed E-state index contributed by atoms with van der Waals surface area (Å²) in [4.78, 5) is 12.1. The minimum atomic E-state index is -3.62. The Bertz CT molecular complexity index is 807. The molecular weight excluding hydrogens is 396 g/mol. The van der Waals surface area contributed by atoms with Gasteiger partial charge in [0, 0.05) is 17.6 Å². The number of halogens is 1. The van der Waals surface area contributed by atoms with Crippen molar-refractivity contribution in [1.29, 1.82) is 0 Å². The summed E-state index contributed by atoms with van der Waals surface area (Å²) < 4.78 is 32.4. The number of rotatable bonds is 7. The predicted octanol–water partition coefficient (Wildman–Crippen LogP) is 2.17. The van der Waals surface area contributed by atoms with Crippen LogP contribution < -0.4 is 14.8 Å². The Morgan fingerprint density at radius 1 is 1.08 bits per heavy atom. The molecular formula is C16H17BrN2O4S. The maximum Gasteiger partial charge on any atom is 0.252 e. The zero-order chi connectivity index (χ0) is 17.6. The summed E-state index contributed by atoms with van der Waals surface area (Å²) in [6.07, 6.45) is 0. The molecule has 0 fully saturated rings. The first-order valence-electron chi connectivity index (χ1n) is 7.10. The van der Waals surface area contributed by atoms with E-state index in [2.05, 4.69) is 26.0 Å². The van der Waals surface area contributed by atoms with Gasteiger partial charge in [-0.15, -0.1) is 0 Å². The molecule has 6 nitrogen and oxygen atoms in total. The van der Waals surface area contributed by atoms with Gasteiger partial charge in [-0.05, 0) is 52.3 Å². The number of amides is 1. The van der Waals surface area contributed by atoms with Crippen LogP contribution in [-0.2, 0) is 10.0 Å². The average Bonchev–Trinajstić information content (AvgIpc) is 2.59. The molecule has 0 heterocycles. The average molecular weight is 413 g/mol. The van der Waals surface area contributed by atoms with Crippen LogP contribution in [0.25, 0.3) is 0 Å². The third kappa shape index (κ3) is 4.80. The summed E-state index contributed by atoms with van der Waals surface area (Å²) in [5.74, 6) is 0.306. The van der Waals surface area contributed by atoms with Gasteiger partial charge in [0.1, 0.15) is 5.75 Å². The zero-order valence-electron chi connectivity index (χ0n) is 13.0. The number of carbonyl (C=O) groups is 1. The Labute approximate surface area is 149 Å². The Kier molecular flexibility index (Phi) is 6.36. The van der Waals surface area contributed by atoms with Crippen molar-refractivity contribution in [3.63, 3.8) is 0 Å². The summed E-state index contributed by atoms with van der Waals surface area (Å²) in [5, 5.41) is 2.67. The van der Waals surface area contributed by atoms with Gasteiger partial charge < -0.3 is 10.1 Å². The Hall–Kier alpha value is -1.90. The van der Waals surface area contributed by atoms with Crippen LogP contribution in [-0.4, -0.2) is 34.5 Å². The molecule has 0 saturated carbocycles. The van der Waals surface area contributed by atoms with Crippen LogP contribution in [0.1, 0.15) is 10.4 Å². The van der Waals surface area contributed by atoms with Crippen LogP contribution in [0.15, 0.2) is 57.9 Å². The van der Waals surface area contributed by atoms with Crippen molar-refractivity contribution >= 4 is 31.9 Å². The van der Waals surface area contributed by atoms with Gasteiger partial charge in [-0.3, -0.25) is 4.79 Å². The predicted molar refractivity (Wildman–Crippen MR) is 94.7 cm³/mol. The molecule has 0 aliphatic rings. The smallest absolute Gasteiger partial charge is 0.252 e.